The standard InChI is InChI=1S/C18H26N6OS/c1-18(2,3)24-17(20-21-22-24)26-13-16(25)19-14-7-9-15(10-8-14)23-11-5-4-6-12-23/h7-10H,4-6,11-13H2,1-3H3,(H,19,25). The minimum Gasteiger partial charge on any atom is -0.372 e. The van der Waals surface area contributed by atoms with Crippen molar-refractivity contribution in [2.24, 2.45) is 0 Å². The number of rotatable bonds is 5. The van der Waals surface area contributed by atoms with Crippen LogP contribution in [-0.2, 0) is 10.3 Å². The lowest BCUT2D eigenvalue weighted by atomic mass is 10.1. The third kappa shape index (κ3) is 4.75. The molecule has 7 nitrogen and oxygen atoms in total. The van der Waals surface area contributed by atoms with Crippen LogP contribution in [0.1, 0.15) is 40.0 Å². The lowest BCUT2D eigenvalue weighted by molar-refractivity contribution is -0.113. The molecule has 1 aliphatic rings. The van der Waals surface area contributed by atoms with E-state index in [-0.39, 0.29) is 17.2 Å². The van der Waals surface area contributed by atoms with E-state index in [2.05, 4.69) is 37.9 Å². The average molecular weight is 375 g/mol. The Bertz CT molecular complexity index is 731. The van der Waals surface area contributed by atoms with Gasteiger partial charge in [0.25, 0.3) is 0 Å². The van der Waals surface area contributed by atoms with E-state index in [1.54, 1.807) is 4.68 Å². The molecule has 0 aliphatic carbocycles. The number of aromatic nitrogens is 4. The molecule has 0 radical (unpaired) electrons. The summed E-state index contributed by atoms with van der Waals surface area (Å²) >= 11 is 1.34. The Labute approximate surface area is 158 Å². The Balaban J connectivity index is 1.53. The summed E-state index contributed by atoms with van der Waals surface area (Å²) in [5.41, 5.74) is 1.82. The summed E-state index contributed by atoms with van der Waals surface area (Å²) in [6, 6.07) is 8.08. The molecular weight excluding hydrogens is 348 g/mol. The molecule has 1 saturated heterocycles. The van der Waals surface area contributed by atoms with Crippen LogP contribution < -0.4 is 10.2 Å². The maximum atomic E-state index is 12.2. The second-order valence-electron chi connectivity index (χ2n) is 7.48. The van der Waals surface area contributed by atoms with Gasteiger partial charge in [-0.2, -0.15) is 0 Å². The molecule has 0 spiro atoms. The van der Waals surface area contributed by atoms with Gasteiger partial charge in [0.2, 0.25) is 11.1 Å². The van der Waals surface area contributed by atoms with Gasteiger partial charge in [0.15, 0.2) is 0 Å². The molecule has 140 valence electrons. The summed E-state index contributed by atoms with van der Waals surface area (Å²) < 4.78 is 1.73. The van der Waals surface area contributed by atoms with Crippen LogP contribution in [0.15, 0.2) is 29.4 Å². The van der Waals surface area contributed by atoms with Crippen LogP contribution in [-0.4, -0.2) is 45.0 Å². The second-order valence-corrected chi connectivity index (χ2v) is 8.42. The van der Waals surface area contributed by atoms with Crippen LogP contribution >= 0.6 is 11.8 Å². The number of carbonyl (C=O) groups is 1. The highest BCUT2D eigenvalue weighted by molar-refractivity contribution is 7.99. The van der Waals surface area contributed by atoms with Gasteiger partial charge in [0.1, 0.15) is 0 Å². The van der Waals surface area contributed by atoms with Crippen molar-refractivity contribution in [1.82, 2.24) is 20.2 Å². The summed E-state index contributed by atoms with van der Waals surface area (Å²) in [5.74, 6) is 0.203. The molecule has 0 unspecified atom stereocenters. The zero-order valence-corrected chi connectivity index (χ0v) is 16.4. The van der Waals surface area contributed by atoms with Gasteiger partial charge in [-0.05, 0) is 74.7 Å². The van der Waals surface area contributed by atoms with Crippen molar-refractivity contribution >= 4 is 29.0 Å². The fourth-order valence-corrected chi connectivity index (χ4v) is 3.78. The highest BCUT2D eigenvalue weighted by Crippen LogP contribution is 2.23. The molecule has 1 aliphatic heterocycles. The van der Waals surface area contributed by atoms with Gasteiger partial charge in [-0.3, -0.25) is 4.79 Å². The van der Waals surface area contributed by atoms with E-state index in [0.717, 1.165) is 18.8 Å². The zero-order chi connectivity index (χ0) is 18.6. The number of carbonyl (C=O) groups excluding carboxylic acids is 1. The first kappa shape index (κ1) is 18.7. The van der Waals surface area contributed by atoms with Crippen LogP contribution in [0.5, 0.6) is 0 Å². The Hall–Kier alpha value is -2.09. The molecule has 2 aromatic rings. The SMILES string of the molecule is CC(C)(C)n1nnnc1SCC(=O)Nc1ccc(N2CCCCC2)cc1. The number of thioether (sulfide) groups is 1. The summed E-state index contributed by atoms with van der Waals surface area (Å²) in [6.45, 7) is 8.31. The first-order valence-electron chi connectivity index (χ1n) is 9.00. The van der Waals surface area contributed by atoms with E-state index < -0.39 is 0 Å². The first-order valence-corrected chi connectivity index (χ1v) is 9.98. The Morgan fingerprint density at radius 2 is 1.85 bits per heavy atom. The average Bonchev–Trinajstić information content (AvgIpc) is 3.10. The number of piperidine rings is 1. The summed E-state index contributed by atoms with van der Waals surface area (Å²) in [5, 5.41) is 15.3. The number of nitrogens with one attached hydrogen (secondary N) is 1. The highest BCUT2D eigenvalue weighted by atomic mass is 32.2. The van der Waals surface area contributed by atoms with Gasteiger partial charge in [-0.1, -0.05) is 11.8 Å². The largest absolute Gasteiger partial charge is 0.372 e. The van der Waals surface area contributed by atoms with Gasteiger partial charge >= 0.3 is 0 Å². The Kier molecular flexibility index (Phi) is 5.80. The monoisotopic (exact) mass is 374 g/mol. The predicted molar refractivity (Wildman–Crippen MR) is 105 cm³/mol. The molecule has 1 fully saturated rings. The number of tetrazole rings is 1. The molecule has 26 heavy (non-hydrogen) atoms. The number of hydrogen-bond acceptors (Lipinski definition) is 6. The van der Waals surface area contributed by atoms with Crippen molar-refractivity contribution in [2.45, 2.75) is 50.7 Å². The van der Waals surface area contributed by atoms with E-state index >= 15 is 0 Å². The topological polar surface area (TPSA) is 75.9 Å². The molecule has 2 heterocycles. The number of benzene rings is 1. The van der Waals surface area contributed by atoms with E-state index in [1.807, 2.05) is 32.9 Å². The molecule has 1 aromatic carbocycles. The van der Waals surface area contributed by atoms with Crippen molar-refractivity contribution in [2.75, 3.05) is 29.1 Å². The summed E-state index contributed by atoms with van der Waals surface area (Å²) in [7, 11) is 0. The van der Waals surface area contributed by atoms with Crippen molar-refractivity contribution in [3.05, 3.63) is 24.3 Å². The molecule has 0 saturated carbocycles. The maximum absolute atomic E-state index is 12.2. The molecule has 8 heteroatoms. The fraction of sp³-hybridized carbons (Fsp3) is 0.556. The number of hydrogen-bond donors (Lipinski definition) is 1. The van der Waals surface area contributed by atoms with Gasteiger partial charge in [-0.25, -0.2) is 4.68 Å². The minimum atomic E-state index is -0.216. The van der Waals surface area contributed by atoms with Crippen molar-refractivity contribution in [3.8, 4) is 0 Å². The second kappa shape index (κ2) is 8.07. The van der Waals surface area contributed by atoms with Gasteiger partial charge in [-0.15, -0.1) is 5.10 Å². The number of anilines is 2. The lowest BCUT2D eigenvalue weighted by Crippen LogP contribution is -2.29. The maximum Gasteiger partial charge on any atom is 0.234 e. The lowest BCUT2D eigenvalue weighted by Gasteiger charge is -2.28. The van der Waals surface area contributed by atoms with Gasteiger partial charge in [0.05, 0.1) is 11.3 Å². The van der Waals surface area contributed by atoms with Crippen LogP contribution in [0, 0.1) is 0 Å². The predicted octanol–water partition coefficient (Wildman–Crippen LogP) is 3.15. The van der Waals surface area contributed by atoms with Crippen molar-refractivity contribution in [3.63, 3.8) is 0 Å². The quantitative estimate of drug-likeness (QED) is 0.810. The highest BCUT2D eigenvalue weighted by Gasteiger charge is 2.20. The van der Waals surface area contributed by atoms with Crippen molar-refractivity contribution < 1.29 is 4.79 Å². The van der Waals surface area contributed by atoms with Gasteiger partial charge in [0, 0.05) is 24.5 Å². The zero-order valence-electron chi connectivity index (χ0n) is 15.6. The minimum absolute atomic E-state index is 0.0656. The van der Waals surface area contributed by atoms with Crippen LogP contribution in [0.4, 0.5) is 11.4 Å². The molecule has 0 atom stereocenters. The summed E-state index contributed by atoms with van der Waals surface area (Å²) in [4.78, 5) is 14.6. The molecule has 1 aromatic heterocycles. The third-order valence-corrected chi connectivity index (χ3v) is 5.20. The molecule has 0 bridgehead atoms. The van der Waals surface area contributed by atoms with Crippen LogP contribution in [0.3, 0.4) is 0 Å². The fourth-order valence-electron chi connectivity index (χ4n) is 2.92. The molecule has 3 rings (SSSR count). The van der Waals surface area contributed by atoms with Crippen molar-refractivity contribution in [1.29, 1.82) is 0 Å². The number of nitrogens with zero attached hydrogens (tertiary/aromatic N) is 5. The van der Waals surface area contributed by atoms with E-state index in [9.17, 15) is 4.79 Å². The number of amides is 1. The third-order valence-electron chi connectivity index (χ3n) is 4.28. The van der Waals surface area contributed by atoms with Crippen LogP contribution in [0.2, 0.25) is 0 Å². The Morgan fingerprint density at radius 1 is 1.15 bits per heavy atom. The first-order chi connectivity index (χ1) is 12.4. The van der Waals surface area contributed by atoms with E-state index in [1.165, 1.54) is 36.7 Å². The van der Waals surface area contributed by atoms with E-state index in [0.29, 0.717) is 5.16 Å². The summed E-state index contributed by atoms with van der Waals surface area (Å²) in [6.07, 6.45) is 3.83. The molecule has 1 N–H and O–H groups in total. The van der Waals surface area contributed by atoms with E-state index in [4.69, 9.17) is 0 Å². The van der Waals surface area contributed by atoms with Gasteiger partial charge < -0.3 is 10.2 Å². The molecular formula is C18H26N6OS. The normalized spacial score (nSPS) is 15.1. The molecule has 1 amide bonds. The smallest absolute Gasteiger partial charge is 0.234 e. The van der Waals surface area contributed by atoms with Crippen LogP contribution in [0.25, 0.3) is 0 Å². The Morgan fingerprint density at radius 3 is 2.50 bits per heavy atom.